The van der Waals surface area contributed by atoms with E-state index < -0.39 is 0 Å². The van der Waals surface area contributed by atoms with Crippen molar-refractivity contribution in [3.63, 3.8) is 0 Å². The van der Waals surface area contributed by atoms with E-state index >= 15 is 0 Å². The van der Waals surface area contributed by atoms with E-state index in [0.29, 0.717) is 0 Å². The SMILES string of the molecule is O=C(Sc1ccccc1)c1cc2c(s1)-c1cc(Cl)ccc1SC2. The largest absolute Gasteiger partial charge is 0.280 e. The summed E-state index contributed by atoms with van der Waals surface area (Å²) < 4.78 is 0. The second-order valence-electron chi connectivity index (χ2n) is 5.10. The topological polar surface area (TPSA) is 17.1 Å². The molecule has 0 atom stereocenters. The number of benzene rings is 2. The van der Waals surface area contributed by atoms with Crippen LogP contribution in [-0.2, 0) is 5.75 Å². The minimum atomic E-state index is 0.101. The van der Waals surface area contributed by atoms with E-state index in [-0.39, 0.29) is 5.12 Å². The van der Waals surface area contributed by atoms with Gasteiger partial charge >= 0.3 is 0 Å². The monoisotopic (exact) mass is 374 g/mol. The molecule has 2 heterocycles. The molecule has 1 aliphatic rings. The molecule has 0 saturated heterocycles. The zero-order chi connectivity index (χ0) is 15.8. The third-order valence-electron chi connectivity index (χ3n) is 3.53. The third kappa shape index (κ3) is 3.09. The standard InChI is InChI=1S/C18H11ClOS3/c19-12-6-7-15-14(9-12)17-11(10-21-15)8-16(23-17)18(20)22-13-4-2-1-3-5-13/h1-9H,10H2. The van der Waals surface area contributed by atoms with Crippen LogP contribution in [0.1, 0.15) is 15.2 Å². The van der Waals surface area contributed by atoms with Crippen molar-refractivity contribution in [3.05, 3.63) is 70.1 Å². The zero-order valence-corrected chi connectivity index (χ0v) is 15.1. The molecule has 0 saturated carbocycles. The van der Waals surface area contributed by atoms with E-state index in [4.69, 9.17) is 11.6 Å². The first kappa shape index (κ1) is 15.3. The summed E-state index contributed by atoms with van der Waals surface area (Å²) in [7, 11) is 0. The van der Waals surface area contributed by atoms with Gasteiger partial charge < -0.3 is 0 Å². The van der Waals surface area contributed by atoms with E-state index in [1.807, 2.05) is 48.5 Å². The van der Waals surface area contributed by atoms with Crippen LogP contribution in [0.5, 0.6) is 0 Å². The van der Waals surface area contributed by atoms with Gasteiger partial charge in [-0.1, -0.05) is 29.8 Å². The number of rotatable bonds is 2. The van der Waals surface area contributed by atoms with Crippen molar-refractivity contribution in [3.8, 4) is 10.4 Å². The maximum Gasteiger partial charge on any atom is 0.234 e. The molecule has 0 radical (unpaired) electrons. The van der Waals surface area contributed by atoms with Crippen LogP contribution >= 0.6 is 46.5 Å². The predicted molar refractivity (Wildman–Crippen MR) is 101 cm³/mol. The van der Waals surface area contributed by atoms with Crippen molar-refractivity contribution in [2.45, 2.75) is 15.5 Å². The highest BCUT2D eigenvalue weighted by atomic mass is 35.5. The second kappa shape index (κ2) is 6.36. The molecule has 0 aliphatic carbocycles. The molecule has 23 heavy (non-hydrogen) atoms. The summed E-state index contributed by atoms with van der Waals surface area (Å²) in [5.41, 5.74) is 2.38. The highest BCUT2D eigenvalue weighted by Gasteiger charge is 2.22. The first-order valence-corrected chi connectivity index (χ1v) is 10.0. The summed E-state index contributed by atoms with van der Waals surface area (Å²) in [5, 5.41) is 0.835. The van der Waals surface area contributed by atoms with Gasteiger partial charge in [0.1, 0.15) is 0 Å². The Bertz CT molecular complexity index is 887. The lowest BCUT2D eigenvalue weighted by Crippen LogP contribution is -1.91. The number of carbonyl (C=O) groups excluding carboxylic acids is 1. The summed E-state index contributed by atoms with van der Waals surface area (Å²) in [6.07, 6.45) is 0. The number of thiophene rings is 1. The van der Waals surface area contributed by atoms with Crippen molar-refractivity contribution < 1.29 is 4.79 Å². The van der Waals surface area contributed by atoms with Crippen LogP contribution in [0.25, 0.3) is 10.4 Å². The maximum atomic E-state index is 12.6. The van der Waals surface area contributed by atoms with Gasteiger partial charge in [0.15, 0.2) is 0 Å². The average Bonchev–Trinajstić information content (AvgIpc) is 3.00. The fraction of sp³-hybridized carbons (Fsp3) is 0.0556. The molecule has 3 aromatic rings. The van der Waals surface area contributed by atoms with Gasteiger partial charge in [0, 0.05) is 31.0 Å². The fourth-order valence-electron chi connectivity index (χ4n) is 2.47. The fourth-order valence-corrected chi connectivity index (χ4v) is 5.78. The van der Waals surface area contributed by atoms with Gasteiger partial charge in [0.25, 0.3) is 0 Å². The molecular formula is C18H11ClOS3. The molecule has 1 nitrogen and oxygen atoms in total. The molecule has 5 heteroatoms. The third-order valence-corrected chi connectivity index (χ3v) is 7.14. The minimum absolute atomic E-state index is 0.101. The van der Waals surface area contributed by atoms with Gasteiger partial charge in [-0.25, -0.2) is 0 Å². The van der Waals surface area contributed by atoms with Crippen LogP contribution < -0.4 is 0 Å². The van der Waals surface area contributed by atoms with Gasteiger partial charge in [-0.05, 0) is 53.7 Å². The summed E-state index contributed by atoms with van der Waals surface area (Å²) in [6, 6.07) is 17.8. The number of thioether (sulfide) groups is 2. The number of hydrogen-bond acceptors (Lipinski definition) is 4. The van der Waals surface area contributed by atoms with E-state index in [1.54, 1.807) is 23.1 Å². The molecule has 1 aliphatic heterocycles. The number of fused-ring (bicyclic) bond motifs is 3. The van der Waals surface area contributed by atoms with E-state index in [9.17, 15) is 4.79 Å². The quantitative estimate of drug-likeness (QED) is 0.470. The molecule has 0 spiro atoms. The Morgan fingerprint density at radius 2 is 1.91 bits per heavy atom. The van der Waals surface area contributed by atoms with Crippen LogP contribution in [0.4, 0.5) is 0 Å². The molecule has 0 fully saturated rings. The van der Waals surface area contributed by atoms with Crippen molar-refractivity contribution in [1.82, 2.24) is 0 Å². The molecule has 0 unspecified atom stereocenters. The maximum absolute atomic E-state index is 12.6. The first-order chi connectivity index (χ1) is 11.2. The lowest BCUT2D eigenvalue weighted by Gasteiger charge is -2.15. The van der Waals surface area contributed by atoms with Gasteiger partial charge in [0.05, 0.1) is 4.88 Å². The van der Waals surface area contributed by atoms with Crippen LogP contribution in [0.2, 0.25) is 5.02 Å². The van der Waals surface area contributed by atoms with E-state index in [2.05, 4.69) is 6.07 Å². The number of carbonyl (C=O) groups is 1. The molecule has 114 valence electrons. The Morgan fingerprint density at radius 3 is 2.74 bits per heavy atom. The lowest BCUT2D eigenvalue weighted by atomic mass is 10.1. The Balaban J connectivity index is 1.67. The first-order valence-electron chi connectivity index (χ1n) is 7.03. The average molecular weight is 375 g/mol. The number of hydrogen-bond donors (Lipinski definition) is 0. The number of halogens is 1. The van der Waals surface area contributed by atoms with Gasteiger partial charge in [-0.2, -0.15) is 0 Å². The Labute approximate surface area is 152 Å². The van der Waals surface area contributed by atoms with Crippen LogP contribution in [0.3, 0.4) is 0 Å². The van der Waals surface area contributed by atoms with Crippen LogP contribution in [-0.4, -0.2) is 5.12 Å². The Morgan fingerprint density at radius 1 is 1.09 bits per heavy atom. The normalized spacial score (nSPS) is 12.6. The second-order valence-corrected chi connectivity index (χ2v) is 8.65. The summed E-state index contributed by atoms with van der Waals surface area (Å²) in [4.78, 5) is 16.7. The van der Waals surface area contributed by atoms with Crippen molar-refractivity contribution in [1.29, 1.82) is 0 Å². The van der Waals surface area contributed by atoms with Crippen LogP contribution in [0.15, 0.2) is 64.4 Å². The van der Waals surface area contributed by atoms with Crippen molar-refractivity contribution >= 4 is 51.6 Å². The predicted octanol–water partition coefficient (Wildman–Crippen LogP) is 6.61. The van der Waals surface area contributed by atoms with Gasteiger partial charge in [-0.3, -0.25) is 4.79 Å². The van der Waals surface area contributed by atoms with E-state index in [1.165, 1.54) is 27.1 Å². The zero-order valence-electron chi connectivity index (χ0n) is 11.9. The summed E-state index contributed by atoms with van der Waals surface area (Å²) in [6.45, 7) is 0. The summed E-state index contributed by atoms with van der Waals surface area (Å²) in [5.74, 6) is 0.906. The van der Waals surface area contributed by atoms with Crippen molar-refractivity contribution in [2.24, 2.45) is 0 Å². The lowest BCUT2D eigenvalue weighted by molar-refractivity contribution is 0.109. The Hall–Kier alpha value is -1.20. The highest BCUT2D eigenvalue weighted by Crippen LogP contribution is 2.47. The smallest absolute Gasteiger partial charge is 0.234 e. The van der Waals surface area contributed by atoms with Gasteiger partial charge in [-0.15, -0.1) is 23.1 Å². The van der Waals surface area contributed by atoms with Crippen LogP contribution in [0, 0.1) is 0 Å². The van der Waals surface area contributed by atoms with E-state index in [0.717, 1.165) is 26.1 Å². The molecular weight excluding hydrogens is 364 g/mol. The highest BCUT2D eigenvalue weighted by molar-refractivity contribution is 8.14. The molecule has 0 bridgehead atoms. The Kier molecular flexibility index (Phi) is 4.24. The van der Waals surface area contributed by atoms with Crippen molar-refractivity contribution in [2.75, 3.05) is 0 Å². The molecule has 2 aromatic carbocycles. The minimum Gasteiger partial charge on any atom is -0.280 e. The molecule has 0 amide bonds. The molecule has 0 N–H and O–H groups in total. The molecule has 1 aromatic heterocycles. The molecule has 4 rings (SSSR count). The van der Waals surface area contributed by atoms with Gasteiger partial charge in [0.2, 0.25) is 5.12 Å². The summed E-state index contributed by atoms with van der Waals surface area (Å²) >= 11 is 10.8.